The molecule has 0 aromatic heterocycles. The first-order valence-electron chi connectivity index (χ1n) is 16.1. The summed E-state index contributed by atoms with van der Waals surface area (Å²) in [5, 5.41) is 0. The molecular weight excluding hydrogens is 567 g/mol. The van der Waals surface area contributed by atoms with E-state index in [0.29, 0.717) is 55.6 Å². The predicted octanol–water partition coefficient (Wildman–Crippen LogP) is 5.87. The number of amides is 1. The molecule has 1 N–H and O–H groups in total. The second-order valence-electron chi connectivity index (χ2n) is 12.2. The van der Waals surface area contributed by atoms with Gasteiger partial charge in [0.15, 0.2) is 5.78 Å². The Balaban J connectivity index is 1.86. The molecule has 1 saturated heterocycles. The standard InChI is InChI=1S/C34H51FN2O7/c1-7-17-42-18-9-8-10-27(38)14-11-25-12-15-28-33(39)30(23(4)36-44-22(2)3)20-37(34(28)40)21-32(43-24(25)5)29-19-26(35)13-16-31(29)41-6/h13,16,19-20,22-25,28,32,36H,7-12,14-15,17-18,21H2,1-6H3/t23?,24?,25-,28?,32?/m1/s1. The quantitative estimate of drug-likeness (QED) is 0.140. The predicted molar refractivity (Wildman–Crippen MR) is 165 cm³/mol. The fourth-order valence-electron chi connectivity index (χ4n) is 5.79. The molecule has 1 amide bonds. The first-order chi connectivity index (χ1) is 21.0. The van der Waals surface area contributed by atoms with Gasteiger partial charge in [-0.3, -0.25) is 19.2 Å². The highest BCUT2D eigenvalue weighted by atomic mass is 19.1. The molecule has 4 unspecified atom stereocenters. The third-order valence-electron chi connectivity index (χ3n) is 8.33. The Morgan fingerprint density at radius 3 is 2.61 bits per heavy atom. The molecule has 1 aromatic carbocycles. The molecule has 10 heteroatoms. The maximum atomic E-state index is 14.5. The van der Waals surface area contributed by atoms with E-state index in [4.69, 9.17) is 19.0 Å². The number of ether oxygens (including phenoxy) is 3. The molecule has 9 nitrogen and oxygen atoms in total. The monoisotopic (exact) mass is 618 g/mol. The molecular formula is C34H51FN2O7. The Morgan fingerprint density at radius 1 is 1.14 bits per heavy atom. The molecule has 1 aromatic rings. The lowest BCUT2D eigenvalue weighted by molar-refractivity contribution is -0.145. The van der Waals surface area contributed by atoms with E-state index in [1.165, 1.54) is 24.1 Å². The van der Waals surface area contributed by atoms with Crippen LogP contribution in [-0.2, 0) is 28.7 Å². The number of carbonyl (C=O) groups excluding carboxylic acids is 3. The van der Waals surface area contributed by atoms with Crippen LogP contribution in [0.15, 0.2) is 30.0 Å². The Labute approximate surface area is 261 Å². The summed E-state index contributed by atoms with van der Waals surface area (Å²) in [6.07, 6.45) is 5.34. The van der Waals surface area contributed by atoms with Crippen LogP contribution >= 0.6 is 0 Å². The second-order valence-corrected chi connectivity index (χ2v) is 12.2. The summed E-state index contributed by atoms with van der Waals surface area (Å²) in [5.41, 5.74) is 3.84. The molecule has 0 saturated carbocycles. The third-order valence-corrected chi connectivity index (χ3v) is 8.33. The molecule has 1 fully saturated rings. The second kappa shape index (κ2) is 17.7. The zero-order valence-electron chi connectivity index (χ0n) is 27.2. The number of hydroxylamine groups is 1. The van der Waals surface area contributed by atoms with Gasteiger partial charge < -0.3 is 19.1 Å². The van der Waals surface area contributed by atoms with Gasteiger partial charge in [0.2, 0.25) is 5.91 Å². The lowest BCUT2D eigenvalue weighted by atomic mass is 9.81. The Morgan fingerprint density at radius 2 is 1.91 bits per heavy atom. The van der Waals surface area contributed by atoms with Crippen molar-refractivity contribution in [3.05, 3.63) is 41.4 Å². The third kappa shape index (κ3) is 10.2. The van der Waals surface area contributed by atoms with Gasteiger partial charge in [-0.15, -0.1) is 0 Å². The summed E-state index contributed by atoms with van der Waals surface area (Å²) in [5.74, 6) is -1.32. The molecule has 44 heavy (non-hydrogen) atoms. The van der Waals surface area contributed by atoms with Crippen molar-refractivity contribution < 1.29 is 37.8 Å². The van der Waals surface area contributed by atoms with E-state index in [1.807, 2.05) is 27.7 Å². The maximum absolute atomic E-state index is 14.5. The van der Waals surface area contributed by atoms with Crippen molar-refractivity contribution in [2.24, 2.45) is 11.8 Å². The summed E-state index contributed by atoms with van der Waals surface area (Å²) >= 11 is 0. The van der Waals surface area contributed by atoms with Crippen molar-refractivity contribution in [1.29, 1.82) is 0 Å². The van der Waals surface area contributed by atoms with Crippen molar-refractivity contribution in [2.75, 3.05) is 26.9 Å². The lowest BCUT2D eigenvalue weighted by Gasteiger charge is -2.38. The number of ketones is 2. The van der Waals surface area contributed by atoms with E-state index in [1.54, 1.807) is 12.3 Å². The number of hydrogen-bond acceptors (Lipinski definition) is 8. The molecule has 2 heterocycles. The molecule has 5 atom stereocenters. The number of hydrogen-bond donors (Lipinski definition) is 1. The minimum Gasteiger partial charge on any atom is -0.496 e. The molecule has 3 rings (SSSR count). The van der Waals surface area contributed by atoms with E-state index < -0.39 is 23.9 Å². The number of halogens is 1. The van der Waals surface area contributed by atoms with Crippen molar-refractivity contribution >= 4 is 17.5 Å². The van der Waals surface area contributed by atoms with Gasteiger partial charge in [0.25, 0.3) is 0 Å². The van der Waals surface area contributed by atoms with Crippen molar-refractivity contribution in [2.45, 2.75) is 110 Å². The topological polar surface area (TPSA) is 103 Å². The smallest absolute Gasteiger partial charge is 0.237 e. The number of nitrogens with zero attached hydrogens (tertiary/aromatic N) is 1. The number of Topliss-reactive ketones (excluding diaryl/α,β-unsaturated/α-hetero) is 2. The number of carbonyl (C=O) groups is 3. The van der Waals surface area contributed by atoms with E-state index in [0.717, 1.165) is 25.9 Å². The highest BCUT2D eigenvalue weighted by molar-refractivity contribution is 6.12. The van der Waals surface area contributed by atoms with E-state index >= 15 is 0 Å². The van der Waals surface area contributed by atoms with Crippen LogP contribution in [0.4, 0.5) is 4.39 Å². The Bertz CT molecular complexity index is 1140. The SMILES string of the molecule is CCCOCCCCC(=O)CC[C@@H]1CCC2C(=O)C(C(C)NOC(C)C)=CN(CC(c3cc(F)ccc3OC)OC1C)C2=O. The minimum atomic E-state index is -0.861. The van der Waals surface area contributed by atoms with Gasteiger partial charge in [-0.1, -0.05) is 6.92 Å². The van der Waals surface area contributed by atoms with Gasteiger partial charge >= 0.3 is 0 Å². The van der Waals surface area contributed by atoms with Gasteiger partial charge in [-0.05, 0) is 90.3 Å². The minimum absolute atomic E-state index is 0.0692. The summed E-state index contributed by atoms with van der Waals surface area (Å²) < 4.78 is 32.2. The highest BCUT2D eigenvalue weighted by Crippen LogP contribution is 2.37. The molecule has 0 spiro atoms. The first-order valence-corrected chi connectivity index (χ1v) is 16.1. The number of fused-ring (bicyclic) bond motifs is 2. The normalized spacial score (nSPS) is 23.5. The van der Waals surface area contributed by atoms with Crippen LogP contribution in [0.3, 0.4) is 0 Å². The van der Waals surface area contributed by atoms with Crippen LogP contribution < -0.4 is 10.2 Å². The zero-order chi connectivity index (χ0) is 32.2. The van der Waals surface area contributed by atoms with Crippen LogP contribution in [0.2, 0.25) is 0 Å². The van der Waals surface area contributed by atoms with Gasteiger partial charge in [0, 0.05) is 43.4 Å². The van der Waals surface area contributed by atoms with Gasteiger partial charge in [-0.2, -0.15) is 5.48 Å². The fourth-order valence-corrected chi connectivity index (χ4v) is 5.79. The summed E-state index contributed by atoms with van der Waals surface area (Å²) in [6, 6.07) is 3.76. The van der Waals surface area contributed by atoms with Crippen LogP contribution in [0.25, 0.3) is 0 Å². The molecule has 246 valence electrons. The van der Waals surface area contributed by atoms with Gasteiger partial charge in [0.05, 0.1) is 31.9 Å². The average Bonchev–Trinajstić information content (AvgIpc) is 2.99. The summed E-state index contributed by atoms with van der Waals surface area (Å²) in [6.45, 7) is 11.1. The van der Waals surface area contributed by atoms with Crippen molar-refractivity contribution in [3.63, 3.8) is 0 Å². The van der Waals surface area contributed by atoms with Crippen molar-refractivity contribution in [1.82, 2.24) is 10.4 Å². The molecule has 2 bridgehead atoms. The maximum Gasteiger partial charge on any atom is 0.237 e. The van der Waals surface area contributed by atoms with Crippen LogP contribution in [-0.4, -0.2) is 67.5 Å². The number of nitrogens with one attached hydrogen (secondary N) is 1. The average molecular weight is 619 g/mol. The number of rotatable bonds is 16. The molecule has 0 radical (unpaired) electrons. The van der Waals surface area contributed by atoms with Crippen LogP contribution in [0.5, 0.6) is 5.75 Å². The molecule has 0 aliphatic carbocycles. The summed E-state index contributed by atoms with van der Waals surface area (Å²) in [4.78, 5) is 47.3. The lowest BCUT2D eigenvalue weighted by Crippen LogP contribution is -2.48. The molecule has 2 aliphatic heterocycles. The van der Waals surface area contributed by atoms with Crippen molar-refractivity contribution in [3.8, 4) is 5.75 Å². The first kappa shape index (κ1) is 35.8. The number of benzene rings is 1. The fraction of sp³-hybridized carbons (Fsp3) is 0.676. The highest BCUT2D eigenvalue weighted by Gasteiger charge is 2.41. The van der Waals surface area contributed by atoms with E-state index in [9.17, 15) is 18.8 Å². The molecule has 2 aliphatic rings. The van der Waals surface area contributed by atoms with Crippen LogP contribution in [0, 0.1) is 17.7 Å². The van der Waals surface area contributed by atoms with Gasteiger partial charge in [-0.25, -0.2) is 4.39 Å². The zero-order valence-corrected chi connectivity index (χ0v) is 27.2. The summed E-state index contributed by atoms with van der Waals surface area (Å²) in [7, 11) is 1.51. The van der Waals surface area contributed by atoms with E-state index in [-0.39, 0.29) is 42.1 Å². The Kier molecular flexibility index (Phi) is 14.4. The number of methoxy groups -OCH3 is 1. The van der Waals surface area contributed by atoms with Crippen LogP contribution in [0.1, 0.15) is 97.7 Å². The van der Waals surface area contributed by atoms with Gasteiger partial charge in [0.1, 0.15) is 29.4 Å². The van der Waals surface area contributed by atoms with E-state index in [2.05, 4.69) is 12.4 Å². The number of unbranched alkanes of at least 4 members (excludes halogenated alkanes) is 1. The Hall–Kier alpha value is -2.66. The largest absolute Gasteiger partial charge is 0.496 e.